The van der Waals surface area contributed by atoms with Crippen molar-refractivity contribution in [1.82, 2.24) is 19.6 Å². The van der Waals surface area contributed by atoms with Crippen molar-refractivity contribution in [3.63, 3.8) is 0 Å². The molecule has 2 aliphatic heterocycles. The molecule has 2 aromatic carbocycles. The van der Waals surface area contributed by atoms with Crippen molar-refractivity contribution in [2.45, 2.75) is 176 Å². The molecule has 0 aromatic heterocycles. The molecule has 17 nitrogen and oxygen atoms in total. The molecule has 5 amide bonds. The lowest BCUT2D eigenvalue weighted by Gasteiger charge is -2.41. The van der Waals surface area contributed by atoms with Crippen LogP contribution in [-0.2, 0) is 72.0 Å². The van der Waals surface area contributed by atoms with Crippen LogP contribution in [0.4, 0.5) is 4.79 Å². The first-order chi connectivity index (χ1) is 36.9. The second-order valence-electron chi connectivity index (χ2n) is 22.7. The fraction of sp³-hybridized carbons (Fsp3) is 0.656. The summed E-state index contributed by atoms with van der Waals surface area (Å²) in [6.45, 7) is 15.7. The third-order valence-electron chi connectivity index (χ3n) is 16.3. The Balaban J connectivity index is 1.35. The summed E-state index contributed by atoms with van der Waals surface area (Å²) in [5, 5.41) is 10.0. The Labute approximate surface area is 463 Å². The van der Waals surface area contributed by atoms with E-state index in [1.807, 2.05) is 84.0 Å². The predicted molar refractivity (Wildman–Crippen MR) is 296 cm³/mol. The van der Waals surface area contributed by atoms with E-state index in [9.17, 15) is 48.3 Å². The van der Waals surface area contributed by atoms with Gasteiger partial charge in [0.1, 0.15) is 18.2 Å². The Kier molecular flexibility index (Phi) is 25.8. The fourth-order valence-electron chi connectivity index (χ4n) is 11.4. The quantitative estimate of drug-likeness (QED) is 0.0526. The molecule has 4 rings (SSSR count). The van der Waals surface area contributed by atoms with Gasteiger partial charge in [-0.1, -0.05) is 123 Å². The van der Waals surface area contributed by atoms with E-state index in [-0.39, 0.29) is 110 Å². The van der Waals surface area contributed by atoms with Crippen LogP contribution in [0.2, 0.25) is 0 Å². The van der Waals surface area contributed by atoms with Crippen LogP contribution >= 0.6 is 0 Å². The van der Waals surface area contributed by atoms with Gasteiger partial charge < -0.3 is 34.0 Å². The Morgan fingerprint density at radius 2 is 1.42 bits per heavy atom. The van der Waals surface area contributed by atoms with Gasteiger partial charge in [0.25, 0.3) is 0 Å². The van der Waals surface area contributed by atoms with Gasteiger partial charge >= 0.3 is 12.1 Å². The average molecular weight is 1090 g/mol. The van der Waals surface area contributed by atoms with Gasteiger partial charge in [0.05, 0.1) is 42.7 Å². The molecule has 2 aromatic rings. The van der Waals surface area contributed by atoms with Gasteiger partial charge in [-0.2, -0.15) is 0 Å². The number of carboxylic acid groups (broad SMARTS) is 1. The zero-order valence-electron chi connectivity index (χ0n) is 48.6. The van der Waals surface area contributed by atoms with Crippen molar-refractivity contribution in [2.24, 2.45) is 41.4 Å². The molecule has 0 spiro atoms. The number of unbranched alkanes of at least 4 members (excludes halogenated alkanes) is 2. The molecule has 78 heavy (non-hydrogen) atoms. The van der Waals surface area contributed by atoms with Crippen LogP contribution in [0.5, 0.6) is 0 Å². The zero-order valence-corrected chi connectivity index (χ0v) is 48.6. The minimum absolute atomic E-state index is 0.0644. The van der Waals surface area contributed by atoms with E-state index in [1.165, 1.54) is 31.1 Å². The number of imide groups is 1. The predicted octanol–water partition coefficient (Wildman–Crippen LogP) is 8.40. The molecule has 0 radical (unpaired) electrons. The number of amides is 5. The molecule has 2 saturated heterocycles. The first-order valence-electron chi connectivity index (χ1n) is 28.2. The maximum absolute atomic E-state index is 14.8. The highest BCUT2D eigenvalue weighted by atomic mass is 16.6. The number of likely N-dealkylation sites (tertiary alicyclic amines) is 2. The topological polar surface area (TPSA) is 215 Å². The number of carbonyl (C=O) groups excluding carboxylic acids is 8. The Hall–Kier alpha value is -5.81. The van der Waals surface area contributed by atoms with Crippen molar-refractivity contribution < 1.29 is 62.5 Å². The Bertz CT molecular complexity index is 2340. The number of ketones is 3. The van der Waals surface area contributed by atoms with Gasteiger partial charge in [-0.25, -0.2) is 4.79 Å². The monoisotopic (exact) mass is 1090 g/mol. The normalized spacial score (nSPS) is 18.7. The number of likely N-dealkylation sites (N-methyl/N-ethyl adjacent to an activating group) is 2. The van der Waals surface area contributed by atoms with Crippen molar-refractivity contribution in [3.8, 4) is 0 Å². The number of hydrogen-bond donors (Lipinski definition) is 1. The zero-order chi connectivity index (χ0) is 58.0. The number of carboxylic acids is 1. The second-order valence-corrected chi connectivity index (χ2v) is 22.7. The Morgan fingerprint density at radius 3 is 1.99 bits per heavy atom. The van der Waals surface area contributed by atoms with Crippen LogP contribution in [0.15, 0.2) is 54.6 Å². The molecular formula is C61H90N4O13. The number of ether oxygens (including phenoxy) is 3. The van der Waals surface area contributed by atoms with Gasteiger partial charge in [-0.15, -0.1) is 0 Å². The van der Waals surface area contributed by atoms with E-state index in [1.54, 1.807) is 42.8 Å². The standard InChI is InChI=1S/C61H90N4O13/c1-13-40(6)56(52(76-11)36-54(70)64-30-20-24-49(64)57(77-12)42(8)50(67)34-46(60(73)74)32-43-21-16-14-17-22-43)62(9)59(72)48(38(2)3)35-51(68)55(39(4)5)63(10)61(75)78-37-45-27-25-44(26-28-45)33-47(66)23-18-15-19-29-65-53(69)31-41(7)58(65)71/h14,16-17,21-22,25-28,38-42,46,48-49,52,55-57H,13,15,18-20,23-24,29-37H2,1-12H3,(H,73,74)/t40-,41?,42-,46?,48-,49-,52+,55-,56-,57+/m0/s1. The number of aliphatic carboxylic acids is 1. The molecule has 0 bridgehead atoms. The minimum atomic E-state index is -1.05. The maximum Gasteiger partial charge on any atom is 0.410 e. The van der Waals surface area contributed by atoms with Gasteiger partial charge in [0.15, 0.2) is 5.78 Å². The van der Waals surface area contributed by atoms with E-state index in [4.69, 9.17) is 14.2 Å². The highest BCUT2D eigenvalue weighted by Crippen LogP contribution is 2.32. The number of nitrogens with zero attached hydrogens (tertiary/aromatic N) is 4. The van der Waals surface area contributed by atoms with Gasteiger partial charge in [0.2, 0.25) is 23.6 Å². The summed E-state index contributed by atoms with van der Waals surface area (Å²) in [5.74, 6) is -5.63. The summed E-state index contributed by atoms with van der Waals surface area (Å²) in [6, 6.07) is 14.5. The molecule has 17 heteroatoms. The van der Waals surface area contributed by atoms with Crippen LogP contribution in [0.1, 0.15) is 143 Å². The molecule has 10 atom stereocenters. The minimum Gasteiger partial charge on any atom is -0.481 e. The molecule has 0 aliphatic carbocycles. The summed E-state index contributed by atoms with van der Waals surface area (Å²) in [6.07, 6.45) is 2.59. The van der Waals surface area contributed by atoms with E-state index >= 15 is 0 Å². The summed E-state index contributed by atoms with van der Waals surface area (Å²) >= 11 is 0. The van der Waals surface area contributed by atoms with Crippen molar-refractivity contribution in [2.75, 3.05) is 41.4 Å². The molecule has 1 N–H and O–H groups in total. The third-order valence-corrected chi connectivity index (χ3v) is 16.3. The number of rotatable bonds is 33. The van der Waals surface area contributed by atoms with Crippen molar-refractivity contribution >= 4 is 53.0 Å². The van der Waals surface area contributed by atoms with E-state index in [0.717, 1.165) is 17.5 Å². The van der Waals surface area contributed by atoms with Crippen LogP contribution in [-0.4, -0.2) is 149 Å². The number of benzene rings is 2. The number of methoxy groups -OCH3 is 2. The number of hydrogen-bond acceptors (Lipinski definition) is 12. The maximum atomic E-state index is 14.8. The molecular weight excluding hydrogens is 997 g/mol. The largest absolute Gasteiger partial charge is 0.481 e. The SMILES string of the molecule is CC[C@H](C)[C@@H]([C@@H](CC(=O)N1CCC[C@H]1[C@H](OC)[C@@H](C)C(=O)CC(Cc1ccccc1)C(=O)O)OC)N(C)C(=O)[C@@H](CC(=O)[C@H](C(C)C)N(C)C(=O)OCc1ccc(CC(=O)CCCCCN2C(=O)CC(C)C2=O)cc1)C(C)C. The van der Waals surface area contributed by atoms with Gasteiger partial charge in [-0.05, 0) is 66.5 Å². The van der Waals surface area contributed by atoms with E-state index in [2.05, 4.69) is 0 Å². The smallest absolute Gasteiger partial charge is 0.410 e. The van der Waals surface area contributed by atoms with E-state index < -0.39 is 60.1 Å². The average Bonchev–Trinajstić information content (AvgIpc) is 4.00. The first-order valence-corrected chi connectivity index (χ1v) is 28.2. The molecule has 2 fully saturated rings. The summed E-state index contributed by atoms with van der Waals surface area (Å²) in [4.78, 5) is 126. The number of carbonyl (C=O) groups is 9. The summed E-state index contributed by atoms with van der Waals surface area (Å²) in [5.41, 5.74) is 2.34. The van der Waals surface area contributed by atoms with Crippen LogP contribution < -0.4 is 0 Å². The first kappa shape index (κ1) is 64.7. The van der Waals surface area contributed by atoms with Gasteiger partial charge in [0, 0.05) is 91.3 Å². The lowest BCUT2D eigenvalue weighted by atomic mass is 9.83. The van der Waals surface area contributed by atoms with Gasteiger partial charge in [-0.3, -0.25) is 43.3 Å². The third kappa shape index (κ3) is 17.9. The molecule has 2 unspecified atom stereocenters. The molecule has 0 saturated carbocycles. The van der Waals surface area contributed by atoms with Crippen LogP contribution in [0.25, 0.3) is 0 Å². The van der Waals surface area contributed by atoms with Crippen molar-refractivity contribution in [3.05, 3.63) is 71.3 Å². The summed E-state index contributed by atoms with van der Waals surface area (Å²) < 4.78 is 17.7. The lowest BCUT2D eigenvalue weighted by molar-refractivity contribution is -0.149. The van der Waals surface area contributed by atoms with Crippen LogP contribution in [0.3, 0.4) is 0 Å². The lowest BCUT2D eigenvalue weighted by Crippen LogP contribution is -2.54. The van der Waals surface area contributed by atoms with E-state index in [0.29, 0.717) is 57.2 Å². The molecule has 2 aliphatic rings. The van der Waals surface area contributed by atoms with Crippen LogP contribution in [0, 0.1) is 41.4 Å². The van der Waals surface area contributed by atoms with Crippen molar-refractivity contribution in [1.29, 1.82) is 0 Å². The highest BCUT2D eigenvalue weighted by Gasteiger charge is 2.44. The molecule has 432 valence electrons. The highest BCUT2D eigenvalue weighted by molar-refractivity contribution is 6.03. The Morgan fingerprint density at radius 1 is 0.769 bits per heavy atom. The fourth-order valence-corrected chi connectivity index (χ4v) is 11.4. The number of Topliss-reactive ketones (excluding diaryl/α,β-unsaturated/α-hetero) is 3. The molecule has 2 heterocycles. The second kappa shape index (κ2) is 31.1. The summed E-state index contributed by atoms with van der Waals surface area (Å²) in [7, 11) is 6.23.